The third-order valence-electron chi connectivity index (χ3n) is 3.48. The van der Waals surface area contributed by atoms with Crippen molar-refractivity contribution in [3.63, 3.8) is 0 Å². The summed E-state index contributed by atoms with van der Waals surface area (Å²) in [6.07, 6.45) is 0. The molecule has 2 rings (SSSR count). The van der Waals surface area contributed by atoms with Gasteiger partial charge in [0, 0.05) is 10.9 Å². The van der Waals surface area contributed by atoms with Crippen LogP contribution >= 0.6 is 0 Å². The predicted molar refractivity (Wildman–Crippen MR) is 80.6 cm³/mol. The van der Waals surface area contributed by atoms with Gasteiger partial charge in [0.25, 0.3) is 0 Å². The lowest BCUT2D eigenvalue weighted by Crippen LogP contribution is -2.37. The third-order valence-corrected chi connectivity index (χ3v) is 3.48. The standard InChI is InChI=1S/C16H22N2O2/c1-10(2)15(18-14(19)9-17-4)16-11(3)12-7-5-6-8-13(12)20-16/h5-8,10,15,17H,9H2,1-4H3,(H,18,19). The van der Waals surface area contributed by atoms with Gasteiger partial charge >= 0.3 is 0 Å². The van der Waals surface area contributed by atoms with Gasteiger partial charge in [0.1, 0.15) is 11.3 Å². The van der Waals surface area contributed by atoms with Crippen molar-refractivity contribution in [2.24, 2.45) is 5.92 Å². The summed E-state index contributed by atoms with van der Waals surface area (Å²) in [4.78, 5) is 11.8. The number of para-hydroxylation sites is 1. The number of carbonyl (C=O) groups excluding carboxylic acids is 1. The summed E-state index contributed by atoms with van der Waals surface area (Å²) in [6, 6.07) is 7.85. The molecule has 1 aromatic carbocycles. The Morgan fingerprint density at radius 1 is 1.30 bits per heavy atom. The molecule has 0 aliphatic carbocycles. The number of fused-ring (bicyclic) bond motifs is 1. The lowest BCUT2D eigenvalue weighted by molar-refractivity contribution is -0.121. The Labute approximate surface area is 119 Å². The zero-order chi connectivity index (χ0) is 14.7. The second-order valence-electron chi connectivity index (χ2n) is 5.41. The van der Waals surface area contributed by atoms with Gasteiger partial charge in [0.05, 0.1) is 12.6 Å². The number of hydrogen-bond acceptors (Lipinski definition) is 3. The maximum atomic E-state index is 11.8. The normalized spacial score (nSPS) is 12.8. The number of rotatable bonds is 5. The highest BCUT2D eigenvalue weighted by molar-refractivity contribution is 5.83. The molecular formula is C16H22N2O2. The molecule has 0 aliphatic heterocycles. The van der Waals surface area contributed by atoms with Crippen molar-refractivity contribution in [3.8, 4) is 0 Å². The summed E-state index contributed by atoms with van der Waals surface area (Å²) in [5.41, 5.74) is 1.97. The Morgan fingerprint density at radius 2 is 2.00 bits per heavy atom. The van der Waals surface area contributed by atoms with E-state index in [1.807, 2.05) is 31.2 Å². The van der Waals surface area contributed by atoms with Gasteiger partial charge in [-0.25, -0.2) is 0 Å². The summed E-state index contributed by atoms with van der Waals surface area (Å²) < 4.78 is 5.97. The van der Waals surface area contributed by atoms with Crippen LogP contribution in [0.2, 0.25) is 0 Å². The van der Waals surface area contributed by atoms with Gasteiger partial charge < -0.3 is 15.1 Å². The number of hydrogen-bond donors (Lipinski definition) is 2. The fourth-order valence-corrected chi connectivity index (χ4v) is 2.41. The van der Waals surface area contributed by atoms with E-state index in [9.17, 15) is 4.79 Å². The van der Waals surface area contributed by atoms with Crippen LogP contribution < -0.4 is 10.6 Å². The maximum absolute atomic E-state index is 11.8. The first-order valence-electron chi connectivity index (χ1n) is 6.96. The molecule has 0 aliphatic rings. The number of amides is 1. The number of aryl methyl sites for hydroxylation is 1. The molecule has 108 valence electrons. The molecule has 2 N–H and O–H groups in total. The number of likely N-dealkylation sites (N-methyl/N-ethyl adjacent to an activating group) is 1. The second-order valence-corrected chi connectivity index (χ2v) is 5.41. The van der Waals surface area contributed by atoms with Crippen molar-refractivity contribution in [1.29, 1.82) is 0 Å². The Morgan fingerprint density at radius 3 is 2.60 bits per heavy atom. The van der Waals surface area contributed by atoms with Gasteiger partial charge in [0.15, 0.2) is 0 Å². The molecule has 1 amide bonds. The van der Waals surface area contributed by atoms with Crippen molar-refractivity contribution in [2.75, 3.05) is 13.6 Å². The molecule has 0 saturated heterocycles. The van der Waals surface area contributed by atoms with Crippen LogP contribution in [0, 0.1) is 12.8 Å². The largest absolute Gasteiger partial charge is 0.459 e. The van der Waals surface area contributed by atoms with Crippen molar-refractivity contribution in [3.05, 3.63) is 35.6 Å². The van der Waals surface area contributed by atoms with Crippen LogP contribution in [-0.2, 0) is 4.79 Å². The fourth-order valence-electron chi connectivity index (χ4n) is 2.41. The van der Waals surface area contributed by atoms with Crippen LogP contribution in [0.4, 0.5) is 0 Å². The fraction of sp³-hybridized carbons (Fsp3) is 0.438. The smallest absolute Gasteiger partial charge is 0.234 e. The van der Waals surface area contributed by atoms with Crippen LogP contribution in [0.25, 0.3) is 11.0 Å². The van der Waals surface area contributed by atoms with E-state index >= 15 is 0 Å². The Hall–Kier alpha value is -1.81. The summed E-state index contributed by atoms with van der Waals surface area (Å²) in [7, 11) is 1.76. The van der Waals surface area contributed by atoms with Crippen LogP contribution in [0.3, 0.4) is 0 Å². The zero-order valence-electron chi connectivity index (χ0n) is 12.5. The monoisotopic (exact) mass is 274 g/mol. The molecule has 1 atom stereocenters. The number of nitrogens with one attached hydrogen (secondary N) is 2. The summed E-state index contributed by atoms with van der Waals surface area (Å²) in [5.74, 6) is 1.09. The van der Waals surface area contributed by atoms with Gasteiger partial charge in [0.2, 0.25) is 5.91 Å². The topological polar surface area (TPSA) is 54.3 Å². The number of furan rings is 1. The lowest BCUT2D eigenvalue weighted by Gasteiger charge is -2.21. The molecule has 0 radical (unpaired) electrons. The van der Waals surface area contributed by atoms with Gasteiger partial charge in [-0.3, -0.25) is 4.79 Å². The van der Waals surface area contributed by atoms with E-state index in [2.05, 4.69) is 24.5 Å². The van der Waals surface area contributed by atoms with E-state index in [-0.39, 0.29) is 17.9 Å². The average Bonchev–Trinajstić information content (AvgIpc) is 2.74. The third kappa shape index (κ3) is 2.85. The lowest BCUT2D eigenvalue weighted by atomic mass is 9.98. The summed E-state index contributed by atoms with van der Waals surface area (Å²) >= 11 is 0. The summed E-state index contributed by atoms with van der Waals surface area (Å²) in [6.45, 7) is 6.51. The zero-order valence-corrected chi connectivity index (χ0v) is 12.5. The van der Waals surface area contributed by atoms with E-state index in [1.54, 1.807) is 7.05 Å². The molecule has 1 aromatic heterocycles. The quantitative estimate of drug-likeness (QED) is 0.881. The molecule has 2 aromatic rings. The Bertz CT molecular complexity index is 602. The molecular weight excluding hydrogens is 252 g/mol. The van der Waals surface area contributed by atoms with E-state index in [4.69, 9.17) is 4.42 Å². The number of benzene rings is 1. The molecule has 0 saturated carbocycles. The molecule has 20 heavy (non-hydrogen) atoms. The Kier molecular flexibility index (Phi) is 4.45. The van der Waals surface area contributed by atoms with E-state index < -0.39 is 0 Å². The SMILES string of the molecule is CNCC(=O)NC(c1oc2ccccc2c1C)C(C)C. The molecule has 0 bridgehead atoms. The summed E-state index contributed by atoms with van der Waals surface area (Å²) in [5, 5.41) is 7.01. The first-order valence-corrected chi connectivity index (χ1v) is 6.96. The van der Waals surface area contributed by atoms with E-state index in [0.29, 0.717) is 6.54 Å². The second kappa shape index (κ2) is 6.09. The van der Waals surface area contributed by atoms with Crippen molar-refractivity contribution in [2.45, 2.75) is 26.8 Å². The van der Waals surface area contributed by atoms with Gasteiger partial charge in [-0.05, 0) is 26.0 Å². The Balaban J connectivity index is 2.36. The maximum Gasteiger partial charge on any atom is 0.234 e. The first-order chi connectivity index (χ1) is 9.54. The van der Waals surface area contributed by atoms with Crippen LogP contribution in [-0.4, -0.2) is 19.5 Å². The van der Waals surface area contributed by atoms with Crippen LogP contribution in [0.1, 0.15) is 31.2 Å². The van der Waals surface area contributed by atoms with Crippen molar-refractivity contribution < 1.29 is 9.21 Å². The molecule has 1 heterocycles. The average molecular weight is 274 g/mol. The number of carbonyl (C=O) groups is 1. The van der Waals surface area contributed by atoms with Crippen molar-refractivity contribution in [1.82, 2.24) is 10.6 Å². The van der Waals surface area contributed by atoms with Crippen LogP contribution in [0.5, 0.6) is 0 Å². The van der Waals surface area contributed by atoms with Crippen LogP contribution in [0.15, 0.2) is 28.7 Å². The highest BCUT2D eigenvalue weighted by Crippen LogP contribution is 2.32. The van der Waals surface area contributed by atoms with Gasteiger partial charge in [-0.2, -0.15) is 0 Å². The molecule has 4 heteroatoms. The molecule has 4 nitrogen and oxygen atoms in total. The molecule has 0 fully saturated rings. The molecule has 1 unspecified atom stereocenters. The predicted octanol–water partition coefficient (Wildman–Crippen LogP) is 2.77. The van der Waals surface area contributed by atoms with E-state index in [1.165, 1.54) is 0 Å². The minimum Gasteiger partial charge on any atom is -0.459 e. The van der Waals surface area contributed by atoms with Gasteiger partial charge in [-0.15, -0.1) is 0 Å². The van der Waals surface area contributed by atoms with Gasteiger partial charge in [-0.1, -0.05) is 32.0 Å². The first kappa shape index (κ1) is 14.6. The highest BCUT2D eigenvalue weighted by atomic mass is 16.3. The van der Waals surface area contributed by atoms with E-state index in [0.717, 1.165) is 22.3 Å². The van der Waals surface area contributed by atoms with Crippen molar-refractivity contribution >= 4 is 16.9 Å². The minimum atomic E-state index is -0.108. The molecule has 0 spiro atoms. The minimum absolute atomic E-state index is 0.0222. The highest BCUT2D eigenvalue weighted by Gasteiger charge is 2.24.